The van der Waals surface area contributed by atoms with Crippen LogP contribution in [0.1, 0.15) is 30.5 Å². The highest BCUT2D eigenvalue weighted by atomic mass is 16.5. The van der Waals surface area contributed by atoms with E-state index in [0.717, 1.165) is 31.6 Å². The minimum atomic E-state index is -0.0502. The fourth-order valence-electron chi connectivity index (χ4n) is 3.34. The normalized spacial score (nSPS) is 15.2. The number of carbonyl (C=O) groups excluding carboxylic acids is 1. The Kier molecular flexibility index (Phi) is 6.23. The molecule has 26 heavy (non-hydrogen) atoms. The largest absolute Gasteiger partial charge is 0.373 e. The Labute approximate surface area is 154 Å². The molecule has 0 N–H and O–H groups in total. The van der Waals surface area contributed by atoms with Crippen molar-refractivity contribution in [2.24, 2.45) is 0 Å². The first kappa shape index (κ1) is 18.4. The Morgan fingerprint density at radius 1 is 1.08 bits per heavy atom. The van der Waals surface area contributed by atoms with E-state index in [4.69, 9.17) is 4.74 Å². The molecular formula is C21H26N2O3. The molecule has 3 rings (SSSR count). The Morgan fingerprint density at radius 2 is 1.81 bits per heavy atom. The van der Waals surface area contributed by atoms with Crippen LogP contribution in [0.3, 0.4) is 0 Å². The number of benzene rings is 1. The molecule has 1 aliphatic rings. The minimum absolute atomic E-state index is 0.0502. The third kappa shape index (κ3) is 4.82. The van der Waals surface area contributed by atoms with Gasteiger partial charge in [-0.05, 0) is 31.4 Å². The summed E-state index contributed by atoms with van der Waals surface area (Å²) in [4.78, 5) is 26.2. The van der Waals surface area contributed by atoms with Crippen LogP contribution in [-0.4, -0.2) is 34.6 Å². The van der Waals surface area contributed by atoms with Gasteiger partial charge < -0.3 is 14.2 Å². The van der Waals surface area contributed by atoms with E-state index in [1.54, 1.807) is 10.6 Å². The molecule has 0 spiro atoms. The Morgan fingerprint density at radius 3 is 2.50 bits per heavy atom. The van der Waals surface area contributed by atoms with Crippen molar-refractivity contribution in [1.29, 1.82) is 0 Å². The molecular weight excluding hydrogens is 328 g/mol. The van der Waals surface area contributed by atoms with Gasteiger partial charge in [0.1, 0.15) is 0 Å². The van der Waals surface area contributed by atoms with Gasteiger partial charge in [-0.15, -0.1) is 0 Å². The number of nitrogens with zero attached hydrogens (tertiary/aromatic N) is 2. The number of piperidine rings is 1. The SMILES string of the molecule is Cc1cccc(=O)n1CCC(=O)N1CCC(OCc2ccccc2)CC1. The number of ether oxygens (including phenoxy) is 1. The highest BCUT2D eigenvalue weighted by molar-refractivity contribution is 5.76. The summed E-state index contributed by atoms with van der Waals surface area (Å²) >= 11 is 0. The molecule has 2 aromatic rings. The van der Waals surface area contributed by atoms with Crippen molar-refractivity contribution in [3.8, 4) is 0 Å². The van der Waals surface area contributed by atoms with Gasteiger partial charge in [0.2, 0.25) is 5.91 Å². The van der Waals surface area contributed by atoms with Gasteiger partial charge in [-0.25, -0.2) is 0 Å². The van der Waals surface area contributed by atoms with E-state index < -0.39 is 0 Å². The van der Waals surface area contributed by atoms with Gasteiger partial charge in [-0.1, -0.05) is 36.4 Å². The van der Waals surface area contributed by atoms with Gasteiger partial charge >= 0.3 is 0 Å². The van der Waals surface area contributed by atoms with Crippen molar-refractivity contribution >= 4 is 5.91 Å². The van der Waals surface area contributed by atoms with Gasteiger partial charge in [0, 0.05) is 37.8 Å². The molecule has 0 unspecified atom stereocenters. The number of aromatic nitrogens is 1. The molecule has 2 heterocycles. The van der Waals surface area contributed by atoms with Crippen molar-refractivity contribution in [3.05, 3.63) is 70.1 Å². The molecule has 138 valence electrons. The van der Waals surface area contributed by atoms with Gasteiger partial charge in [0.15, 0.2) is 0 Å². The van der Waals surface area contributed by atoms with Gasteiger partial charge in [-0.3, -0.25) is 9.59 Å². The second-order valence-corrected chi connectivity index (χ2v) is 6.78. The zero-order valence-corrected chi connectivity index (χ0v) is 15.3. The Hall–Kier alpha value is -2.40. The van der Waals surface area contributed by atoms with E-state index in [-0.39, 0.29) is 17.6 Å². The van der Waals surface area contributed by atoms with Crippen LogP contribution >= 0.6 is 0 Å². The van der Waals surface area contributed by atoms with Crippen molar-refractivity contribution in [3.63, 3.8) is 0 Å². The van der Waals surface area contributed by atoms with Crippen LogP contribution in [0.5, 0.6) is 0 Å². The maximum absolute atomic E-state index is 12.4. The molecule has 0 radical (unpaired) electrons. The molecule has 1 aromatic heterocycles. The lowest BCUT2D eigenvalue weighted by Gasteiger charge is -2.32. The molecule has 1 saturated heterocycles. The molecule has 1 fully saturated rings. The van der Waals surface area contributed by atoms with Crippen molar-refractivity contribution < 1.29 is 9.53 Å². The minimum Gasteiger partial charge on any atom is -0.373 e. The summed E-state index contributed by atoms with van der Waals surface area (Å²) in [7, 11) is 0. The van der Waals surface area contributed by atoms with E-state index in [2.05, 4.69) is 12.1 Å². The number of hydrogen-bond acceptors (Lipinski definition) is 3. The average molecular weight is 354 g/mol. The van der Waals surface area contributed by atoms with Crippen LogP contribution < -0.4 is 5.56 Å². The first-order chi connectivity index (χ1) is 12.6. The van der Waals surface area contributed by atoms with E-state index in [1.165, 1.54) is 11.6 Å². The highest BCUT2D eigenvalue weighted by Gasteiger charge is 2.23. The van der Waals surface area contributed by atoms with Crippen LogP contribution in [0, 0.1) is 6.92 Å². The fourth-order valence-corrected chi connectivity index (χ4v) is 3.34. The van der Waals surface area contributed by atoms with Crippen LogP contribution in [0.2, 0.25) is 0 Å². The van der Waals surface area contributed by atoms with E-state index in [9.17, 15) is 9.59 Å². The lowest BCUT2D eigenvalue weighted by molar-refractivity contribution is -0.134. The summed E-state index contributed by atoms with van der Waals surface area (Å²) in [6, 6.07) is 15.3. The lowest BCUT2D eigenvalue weighted by atomic mass is 10.1. The summed E-state index contributed by atoms with van der Waals surface area (Å²) in [6.07, 6.45) is 2.30. The summed E-state index contributed by atoms with van der Waals surface area (Å²) in [5.74, 6) is 0.113. The number of likely N-dealkylation sites (tertiary alicyclic amines) is 1. The Bertz CT molecular complexity index is 777. The number of hydrogen-bond donors (Lipinski definition) is 0. The molecule has 0 atom stereocenters. The van der Waals surface area contributed by atoms with Crippen molar-refractivity contribution in [2.45, 2.75) is 45.4 Å². The number of pyridine rings is 1. The maximum atomic E-state index is 12.4. The summed E-state index contributed by atoms with van der Waals surface area (Å²) in [5.41, 5.74) is 2.01. The number of rotatable bonds is 6. The predicted octanol–water partition coefficient (Wildman–Crippen LogP) is 2.75. The number of carbonyl (C=O) groups is 1. The fraction of sp³-hybridized carbons (Fsp3) is 0.429. The quantitative estimate of drug-likeness (QED) is 0.801. The molecule has 1 aromatic carbocycles. The second-order valence-electron chi connectivity index (χ2n) is 6.78. The highest BCUT2D eigenvalue weighted by Crippen LogP contribution is 2.16. The van der Waals surface area contributed by atoms with Crippen LogP contribution in [-0.2, 0) is 22.7 Å². The van der Waals surface area contributed by atoms with Crippen LogP contribution in [0.15, 0.2) is 53.3 Å². The zero-order valence-electron chi connectivity index (χ0n) is 15.3. The smallest absolute Gasteiger partial charge is 0.250 e. The molecule has 0 bridgehead atoms. The third-order valence-corrected chi connectivity index (χ3v) is 4.94. The maximum Gasteiger partial charge on any atom is 0.250 e. The van der Waals surface area contributed by atoms with Crippen molar-refractivity contribution in [1.82, 2.24) is 9.47 Å². The van der Waals surface area contributed by atoms with Gasteiger partial charge in [0.25, 0.3) is 5.56 Å². The van der Waals surface area contributed by atoms with E-state index in [1.807, 2.05) is 36.1 Å². The second kappa shape index (κ2) is 8.81. The zero-order chi connectivity index (χ0) is 18.4. The number of aryl methyl sites for hydroxylation is 1. The molecule has 0 aliphatic carbocycles. The monoisotopic (exact) mass is 354 g/mol. The molecule has 5 nitrogen and oxygen atoms in total. The molecule has 1 amide bonds. The van der Waals surface area contributed by atoms with Crippen LogP contribution in [0.4, 0.5) is 0 Å². The molecule has 0 saturated carbocycles. The number of amides is 1. The van der Waals surface area contributed by atoms with E-state index in [0.29, 0.717) is 19.6 Å². The van der Waals surface area contributed by atoms with Gasteiger partial charge in [0.05, 0.1) is 12.7 Å². The topological polar surface area (TPSA) is 51.5 Å². The van der Waals surface area contributed by atoms with Crippen LogP contribution in [0.25, 0.3) is 0 Å². The average Bonchev–Trinajstić information content (AvgIpc) is 2.67. The summed E-state index contributed by atoms with van der Waals surface area (Å²) < 4.78 is 7.63. The third-order valence-electron chi connectivity index (χ3n) is 4.94. The van der Waals surface area contributed by atoms with Gasteiger partial charge in [-0.2, -0.15) is 0 Å². The summed E-state index contributed by atoms with van der Waals surface area (Å²) in [5, 5.41) is 0. The summed E-state index contributed by atoms with van der Waals surface area (Å²) in [6.45, 7) is 4.40. The lowest BCUT2D eigenvalue weighted by Crippen LogP contribution is -2.41. The molecule has 1 aliphatic heterocycles. The van der Waals surface area contributed by atoms with Crippen molar-refractivity contribution in [2.75, 3.05) is 13.1 Å². The Balaban J connectivity index is 1.43. The van der Waals surface area contributed by atoms with E-state index >= 15 is 0 Å². The first-order valence-electron chi connectivity index (χ1n) is 9.23. The first-order valence-corrected chi connectivity index (χ1v) is 9.23. The standard InChI is InChI=1S/C21H26N2O3/c1-17-6-5-9-21(25)23(17)15-12-20(24)22-13-10-19(11-14-22)26-16-18-7-3-2-4-8-18/h2-9,19H,10-16H2,1H3. The molecule has 5 heteroatoms. The predicted molar refractivity (Wildman–Crippen MR) is 101 cm³/mol.